The number of hydrogen-bond acceptors (Lipinski definition) is 4. The first-order valence-corrected chi connectivity index (χ1v) is 7.54. The maximum Gasteiger partial charge on any atom is 0.264 e. The standard InChI is InChI=1S/C15H10ClFN2O2S/c16-9-1-4-11(5-2-9)21-8-14(20)19-15-18-12-6-3-10(17)7-13(12)22-15/h1-7H,8H2,(H,18,19,20). The lowest BCUT2D eigenvalue weighted by Gasteiger charge is -2.05. The second-order valence-electron chi connectivity index (χ2n) is 4.42. The van der Waals surface area contributed by atoms with Crippen LogP contribution in [0.2, 0.25) is 5.02 Å². The first-order chi connectivity index (χ1) is 10.6. The lowest BCUT2D eigenvalue weighted by Crippen LogP contribution is -2.19. The number of nitrogens with zero attached hydrogens (tertiary/aromatic N) is 1. The van der Waals surface area contributed by atoms with Crippen molar-refractivity contribution in [2.45, 2.75) is 0 Å². The van der Waals surface area contributed by atoms with Crippen LogP contribution in [-0.2, 0) is 4.79 Å². The summed E-state index contributed by atoms with van der Waals surface area (Å²) in [6.07, 6.45) is 0. The van der Waals surface area contributed by atoms with Gasteiger partial charge in [-0.15, -0.1) is 0 Å². The number of hydrogen-bond donors (Lipinski definition) is 1. The van der Waals surface area contributed by atoms with E-state index in [2.05, 4.69) is 10.3 Å². The van der Waals surface area contributed by atoms with Gasteiger partial charge >= 0.3 is 0 Å². The third-order valence-corrected chi connectivity index (χ3v) is 3.97. The molecule has 0 unspecified atom stereocenters. The van der Waals surface area contributed by atoms with Gasteiger partial charge in [-0.05, 0) is 42.5 Å². The van der Waals surface area contributed by atoms with Gasteiger partial charge in [0.2, 0.25) is 0 Å². The zero-order valence-electron chi connectivity index (χ0n) is 11.2. The fourth-order valence-corrected chi connectivity index (χ4v) is 2.82. The lowest BCUT2D eigenvalue weighted by molar-refractivity contribution is -0.118. The van der Waals surface area contributed by atoms with E-state index < -0.39 is 0 Å². The maximum atomic E-state index is 13.1. The Bertz CT molecular complexity index is 820. The van der Waals surface area contributed by atoms with Gasteiger partial charge in [-0.3, -0.25) is 10.1 Å². The number of halogens is 2. The number of carbonyl (C=O) groups is 1. The topological polar surface area (TPSA) is 51.2 Å². The first-order valence-electron chi connectivity index (χ1n) is 6.34. The van der Waals surface area contributed by atoms with Crippen LogP contribution in [0.15, 0.2) is 42.5 Å². The number of fused-ring (bicyclic) bond motifs is 1. The molecule has 1 amide bonds. The summed E-state index contributed by atoms with van der Waals surface area (Å²) < 4.78 is 19.1. The first kappa shape index (κ1) is 14.7. The number of rotatable bonds is 4. The van der Waals surface area contributed by atoms with Crippen molar-refractivity contribution < 1.29 is 13.9 Å². The zero-order chi connectivity index (χ0) is 15.5. The van der Waals surface area contributed by atoms with E-state index in [-0.39, 0.29) is 18.3 Å². The summed E-state index contributed by atoms with van der Waals surface area (Å²) in [5, 5.41) is 3.63. The number of nitrogens with one attached hydrogen (secondary N) is 1. The lowest BCUT2D eigenvalue weighted by atomic mass is 10.3. The summed E-state index contributed by atoms with van der Waals surface area (Å²) in [5.41, 5.74) is 0.639. The van der Waals surface area contributed by atoms with Gasteiger partial charge in [-0.25, -0.2) is 9.37 Å². The molecule has 3 rings (SSSR count). The van der Waals surface area contributed by atoms with Crippen molar-refractivity contribution >= 4 is 44.2 Å². The van der Waals surface area contributed by atoms with E-state index in [0.717, 1.165) is 0 Å². The minimum absolute atomic E-state index is 0.147. The summed E-state index contributed by atoms with van der Waals surface area (Å²) in [5.74, 6) is -0.125. The summed E-state index contributed by atoms with van der Waals surface area (Å²) in [7, 11) is 0. The minimum Gasteiger partial charge on any atom is -0.484 e. The number of thiazole rings is 1. The molecule has 0 bridgehead atoms. The second-order valence-corrected chi connectivity index (χ2v) is 5.89. The van der Waals surface area contributed by atoms with E-state index in [1.54, 1.807) is 30.3 Å². The van der Waals surface area contributed by atoms with E-state index in [0.29, 0.717) is 26.1 Å². The number of amides is 1. The molecular weight excluding hydrogens is 327 g/mol. The molecule has 0 aliphatic rings. The average molecular weight is 337 g/mol. The van der Waals surface area contributed by atoms with E-state index in [1.807, 2.05) is 0 Å². The largest absolute Gasteiger partial charge is 0.484 e. The van der Waals surface area contributed by atoms with Crippen molar-refractivity contribution in [1.29, 1.82) is 0 Å². The monoisotopic (exact) mass is 336 g/mol. The molecule has 0 atom stereocenters. The van der Waals surface area contributed by atoms with Crippen molar-refractivity contribution in [2.75, 3.05) is 11.9 Å². The molecule has 0 saturated heterocycles. The van der Waals surface area contributed by atoms with Crippen LogP contribution in [0.3, 0.4) is 0 Å². The van der Waals surface area contributed by atoms with Crippen molar-refractivity contribution in [3.8, 4) is 5.75 Å². The normalized spacial score (nSPS) is 10.6. The predicted molar refractivity (Wildman–Crippen MR) is 85.2 cm³/mol. The Morgan fingerprint density at radius 3 is 2.82 bits per heavy atom. The van der Waals surface area contributed by atoms with Crippen molar-refractivity contribution in [2.24, 2.45) is 0 Å². The smallest absolute Gasteiger partial charge is 0.264 e. The molecule has 1 heterocycles. The molecule has 0 fully saturated rings. The molecule has 112 valence electrons. The third kappa shape index (κ3) is 3.52. The van der Waals surface area contributed by atoms with Crippen LogP contribution >= 0.6 is 22.9 Å². The van der Waals surface area contributed by atoms with Gasteiger partial charge in [0.1, 0.15) is 11.6 Å². The fraction of sp³-hybridized carbons (Fsp3) is 0.0667. The van der Waals surface area contributed by atoms with Gasteiger partial charge in [-0.1, -0.05) is 22.9 Å². The summed E-state index contributed by atoms with van der Waals surface area (Å²) in [6.45, 7) is -0.147. The van der Waals surface area contributed by atoms with Gasteiger partial charge < -0.3 is 4.74 Å². The number of carbonyl (C=O) groups excluding carboxylic acids is 1. The number of anilines is 1. The highest BCUT2D eigenvalue weighted by molar-refractivity contribution is 7.22. The van der Waals surface area contributed by atoms with E-state index in [4.69, 9.17) is 16.3 Å². The van der Waals surface area contributed by atoms with Gasteiger partial charge in [-0.2, -0.15) is 0 Å². The van der Waals surface area contributed by atoms with Crippen LogP contribution in [-0.4, -0.2) is 17.5 Å². The fourth-order valence-electron chi connectivity index (χ4n) is 1.79. The van der Waals surface area contributed by atoms with Gasteiger partial charge in [0.05, 0.1) is 10.2 Å². The van der Waals surface area contributed by atoms with Crippen LogP contribution in [0.1, 0.15) is 0 Å². The van der Waals surface area contributed by atoms with Crippen molar-refractivity contribution in [3.05, 3.63) is 53.3 Å². The Balaban J connectivity index is 1.61. The minimum atomic E-state index is -0.338. The average Bonchev–Trinajstić information content (AvgIpc) is 2.88. The number of aromatic nitrogens is 1. The number of ether oxygens (including phenoxy) is 1. The molecule has 1 N–H and O–H groups in total. The molecule has 3 aromatic rings. The Morgan fingerprint density at radius 2 is 2.05 bits per heavy atom. The molecule has 0 spiro atoms. The highest BCUT2D eigenvalue weighted by atomic mass is 35.5. The maximum absolute atomic E-state index is 13.1. The second kappa shape index (κ2) is 6.29. The van der Waals surface area contributed by atoms with E-state index in [9.17, 15) is 9.18 Å². The molecule has 4 nitrogen and oxygen atoms in total. The van der Waals surface area contributed by atoms with Crippen molar-refractivity contribution in [1.82, 2.24) is 4.98 Å². The Labute approximate surface area is 134 Å². The zero-order valence-corrected chi connectivity index (χ0v) is 12.7. The third-order valence-electron chi connectivity index (χ3n) is 2.78. The van der Waals surface area contributed by atoms with E-state index >= 15 is 0 Å². The summed E-state index contributed by atoms with van der Waals surface area (Å²) in [6, 6.07) is 11.0. The Morgan fingerprint density at radius 1 is 1.27 bits per heavy atom. The quantitative estimate of drug-likeness (QED) is 0.780. The van der Waals surface area contributed by atoms with Gasteiger partial charge in [0, 0.05) is 5.02 Å². The Kier molecular flexibility index (Phi) is 4.22. The molecular formula is C15H10ClFN2O2S. The summed E-state index contributed by atoms with van der Waals surface area (Å²) >= 11 is 6.97. The van der Waals surface area contributed by atoms with Gasteiger partial charge in [0.15, 0.2) is 11.7 Å². The van der Waals surface area contributed by atoms with Crippen molar-refractivity contribution in [3.63, 3.8) is 0 Å². The van der Waals surface area contributed by atoms with Crippen LogP contribution in [0.4, 0.5) is 9.52 Å². The van der Waals surface area contributed by atoms with Crippen LogP contribution in [0, 0.1) is 5.82 Å². The highest BCUT2D eigenvalue weighted by Gasteiger charge is 2.09. The molecule has 0 saturated carbocycles. The molecule has 2 aromatic carbocycles. The SMILES string of the molecule is O=C(COc1ccc(Cl)cc1)Nc1nc2ccc(F)cc2s1. The van der Waals surface area contributed by atoms with Crippen LogP contribution in [0.5, 0.6) is 5.75 Å². The molecule has 7 heteroatoms. The molecule has 22 heavy (non-hydrogen) atoms. The van der Waals surface area contributed by atoms with Gasteiger partial charge in [0.25, 0.3) is 5.91 Å². The van der Waals surface area contributed by atoms with Crippen LogP contribution < -0.4 is 10.1 Å². The predicted octanol–water partition coefficient (Wildman–Crippen LogP) is 4.11. The van der Waals surface area contributed by atoms with E-state index in [1.165, 1.54) is 23.5 Å². The summed E-state index contributed by atoms with van der Waals surface area (Å²) in [4.78, 5) is 16.0. The Hall–Kier alpha value is -2.18. The van der Waals surface area contributed by atoms with Crippen LogP contribution in [0.25, 0.3) is 10.2 Å². The highest BCUT2D eigenvalue weighted by Crippen LogP contribution is 2.26. The molecule has 0 aliphatic heterocycles. The molecule has 0 aliphatic carbocycles. The molecule has 1 aromatic heterocycles. The number of benzene rings is 2. The molecule has 0 radical (unpaired) electrons.